The second-order valence-electron chi connectivity index (χ2n) is 5.35. The standard InChI is InChI=1S/C18H18N4O3S/c1-2-25-15-10-6-5-9-14(15)20-16(23)11-26-18-21-13-8-4-3-7-12(13)17(24)22(18)19/h3-10H,2,11,19H2,1H3,(H,20,23). The minimum atomic E-state index is -0.347. The van der Waals surface area contributed by atoms with Crippen molar-refractivity contribution in [3.63, 3.8) is 0 Å². The monoisotopic (exact) mass is 370 g/mol. The quantitative estimate of drug-likeness (QED) is 0.392. The highest BCUT2D eigenvalue weighted by Crippen LogP contribution is 2.24. The van der Waals surface area contributed by atoms with Gasteiger partial charge in [-0.3, -0.25) is 9.59 Å². The molecule has 1 heterocycles. The van der Waals surface area contributed by atoms with Crippen molar-refractivity contribution in [3.8, 4) is 5.75 Å². The van der Waals surface area contributed by atoms with Gasteiger partial charge in [-0.1, -0.05) is 36.0 Å². The molecule has 1 amide bonds. The largest absolute Gasteiger partial charge is 0.492 e. The van der Waals surface area contributed by atoms with E-state index in [1.54, 1.807) is 36.4 Å². The average Bonchev–Trinajstić information content (AvgIpc) is 2.65. The Kier molecular flexibility index (Phi) is 5.43. The van der Waals surface area contributed by atoms with Gasteiger partial charge in [-0.25, -0.2) is 9.66 Å². The van der Waals surface area contributed by atoms with E-state index in [1.165, 1.54) is 0 Å². The highest BCUT2D eigenvalue weighted by molar-refractivity contribution is 7.99. The fraction of sp³-hybridized carbons (Fsp3) is 0.167. The number of nitrogens with two attached hydrogens (primary N) is 1. The maximum absolute atomic E-state index is 12.3. The van der Waals surface area contributed by atoms with E-state index in [1.807, 2.05) is 19.1 Å². The number of carbonyl (C=O) groups excluding carboxylic acids is 1. The summed E-state index contributed by atoms with van der Waals surface area (Å²) in [7, 11) is 0. The lowest BCUT2D eigenvalue weighted by molar-refractivity contribution is -0.113. The molecule has 0 bridgehead atoms. The van der Waals surface area contributed by atoms with E-state index in [4.69, 9.17) is 10.6 Å². The molecule has 2 aromatic carbocycles. The number of fused-ring (bicyclic) bond motifs is 1. The zero-order valence-electron chi connectivity index (χ0n) is 14.1. The number of nitrogens with one attached hydrogen (secondary N) is 1. The molecule has 0 spiro atoms. The van der Waals surface area contributed by atoms with E-state index in [9.17, 15) is 9.59 Å². The van der Waals surface area contributed by atoms with Crippen LogP contribution < -0.4 is 21.5 Å². The van der Waals surface area contributed by atoms with Gasteiger partial charge in [0.2, 0.25) is 5.91 Å². The summed E-state index contributed by atoms with van der Waals surface area (Å²) in [5.74, 6) is 6.24. The van der Waals surface area contributed by atoms with Crippen LogP contribution in [0.2, 0.25) is 0 Å². The van der Waals surface area contributed by atoms with Gasteiger partial charge in [0.05, 0.1) is 29.0 Å². The van der Waals surface area contributed by atoms with Crippen molar-refractivity contribution in [3.05, 3.63) is 58.9 Å². The Morgan fingerprint density at radius 3 is 2.77 bits per heavy atom. The van der Waals surface area contributed by atoms with Crippen LogP contribution >= 0.6 is 11.8 Å². The fourth-order valence-electron chi connectivity index (χ4n) is 2.40. The lowest BCUT2D eigenvalue weighted by Crippen LogP contribution is -2.30. The van der Waals surface area contributed by atoms with E-state index in [-0.39, 0.29) is 22.4 Å². The SMILES string of the molecule is CCOc1ccccc1NC(=O)CSc1nc2ccccc2c(=O)n1N. The average molecular weight is 370 g/mol. The second-order valence-corrected chi connectivity index (χ2v) is 6.30. The number of rotatable bonds is 6. The van der Waals surface area contributed by atoms with Crippen molar-refractivity contribution in [2.45, 2.75) is 12.1 Å². The van der Waals surface area contributed by atoms with Crippen molar-refractivity contribution in [2.24, 2.45) is 0 Å². The smallest absolute Gasteiger partial charge is 0.280 e. The molecule has 134 valence electrons. The van der Waals surface area contributed by atoms with E-state index >= 15 is 0 Å². The molecule has 0 atom stereocenters. The first kappa shape index (κ1) is 17.8. The van der Waals surface area contributed by atoms with Gasteiger partial charge in [0.25, 0.3) is 5.56 Å². The van der Waals surface area contributed by atoms with E-state index in [0.717, 1.165) is 16.4 Å². The normalized spacial score (nSPS) is 10.7. The molecule has 0 aliphatic heterocycles. The molecule has 0 saturated carbocycles. The number of amides is 1. The molecular weight excluding hydrogens is 352 g/mol. The maximum Gasteiger partial charge on any atom is 0.280 e. The first-order valence-corrected chi connectivity index (χ1v) is 9.00. The molecule has 0 saturated heterocycles. The maximum atomic E-state index is 12.3. The van der Waals surface area contributed by atoms with Crippen molar-refractivity contribution >= 4 is 34.3 Å². The molecule has 8 heteroatoms. The Balaban J connectivity index is 1.73. The van der Waals surface area contributed by atoms with Gasteiger partial charge in [-0.2, -0.15) is 0 Å². The molecule has 0 fully saturated rings. The number of thioether (sulfide) groups is 1. The van der Waals surface area contributed by atoms with Gasteiger partial charge in [-0.15, -0.1) is 0 Å². The third kappa shape index (κ3) is 3.80. The number of carbonyl (C=O) groups is 1. The topological polar surface area (TPSA) is 99.2 Å². The van der Waals surface area contributed by atoms with Crippen molar-refractivity contribution < 1.29 is 9.53 Å². The van der Waals surface area contributed by atoms with Crippen LogP contribution in [0.5, 0.6) is 5.75 Å². The van der Waals surface area contributed by atoms with Crippen LogP contribution in [0, 0.1) is 0 Å². The summed E-state index contributed by atoms with van der Waals surface area (Å²) in [6.07, 6.45) is 0. The van der Waals surface area contributed by atoms with Crippen LogP contribution in [0.1, 0.15) is 6.92 Å². The number of para-hydroxylation sites is 3. The number of anilines is 1. The number of nitrogens with zero attached hydrogens (tertiary/aromatic N) is 2. The number of hydrogen-bond acceptors (Lipinski definition) is 6. The summed E-state index contributed by atoms with van der Waals surface area (Å²) in [4.78, 5) is 28.9. The van der Waals surface area contributed by atoms with E-state index < -0.39 is 0 Å². The Morgan fingerprint density at radius 1 is 1.23 bits per heavy atom. The van der Waals surface area contributed by atoms with Crippen molar-refractivity contribution in [1.82, 2.24) is 9.66 Å². The third-order valence-corrected chi connectivity index (χ3v) is 4.52. The molecule has 7 nitrogen and oxygen atoms in total. The highest BCUT2D eigenvalue weighted by Gasteiger charge is 2.12. The zero-order chi connectivity index (χ0) is 18.5. The van der Waals surface area contributed by atoms with Crippen molar-refractivity contribution in [2.75, 3.05) is 23.5 Å². The number of benzene rings is 2. The van der Waals surface area contributed by atoms with Crippen LogP contribution in [0.15, 0.2) is 58.5 Å². The van der Waals surface area contributed by atoms with Crippen molar-refractivity contribution in [1.29, 1.82) is 0 Å². The number of aromatic nitrogens is 2. The predicted octanol–water partition coefficient (Wildman–Crippen LogP) is 2.24. The first-order chi connectivity index (χ1) is 12.6. The number of hydrogen-bond donors (Lipinski definition) is 2. The predicted molar refractivity (Wildman–Crippen MR) is 103 cm³/mol. The summed E-state index contributed by atoms with van der Waals surface area (Å²) in [5.41, 5.74) is 0.792. The molecule has 3 aromatic rings. The van der Waals surface area contributed by atoms with Gasteiger partial charge in [0.15, 0.2) is 5.16 Å². The molecule has 0 aliphatic carbocycles. The summed E-state index contributed by atoms with van der Waals surface area (Å²) >= 11 is 1.10. The Morgan fingerprint density at radius 2 is 1.96 bits per heavy atom. The molecule has 1 aromatic heterocycles. The number of nitrogen functional groups attached to an aromatic ring is 1. The van der Waals surface area contributed by atoms with Crippen LogP contribution in [0.4, 0.5) is 5.69 Å². The molecule has 0 aliphatic rings. The van der Waals surface area contributed by atoms with Gasteiger partial charge in [0, 0.05) is 0 Å². The van der Waals surface area contributed by atoms with Gasteiger partial charge in [-0.05, 0) is 31.2 Å². The van der Waals surface area contributed by atoms with Crippen LogP contribution in [0.25, 0.3) is 10.9 Å². The number of ether oxygens (including phenoxy) is 1. The van der Waals surface area contributed by atoms with Gasteiger partial charge < -0.3 is 15.9 Å². The first-order valence-electron chi connectivity index (χ1n) is 8.01. The molecule has 0 radical (unpaired) electrons. The lowest BCUT2D eigenvalue weighted by Gasteiger charge is -2.11. The van der Waals surface area contributed by atoms with E-state index in [0.29, 0.717) is 28.9 Å². The third-order valence-electron chi connectivity index (χ3n) is 3.57. The Hall–Kier alpha value is -3.00. The minimum Gasteiger partial charge on any atom is -0.492 e. The molecule has 3 rings (SSSR count). The molecule has 26 heavy (non-hydrogen) atoms. The lowest BCUT2D eigenvalue weighted by atomic mass is 10.2. The molecular formula is C18H18N4O3S. The summed E-state index contributed by atoms with van der Waals surface area (Å²) in [5, 5.41) is 3.51. The molecule has 3 N–H and O–H groups in total. The zero-order valence-corrected chi connectivity index (χ0v) is 15.0. The van der Waals surface area contributed by atoms with Crippen LogP contribution in [-0.2, 0) is 4.79 Å². The van der Waals surface area contributed by atoms with Crippen LogP contribution in [-0.4, -0.2) is 27.9 Å². The second kappa shape index (κ2) is 7.92. The van der Waals surface area contributed by atoms with E-state index in [2.05, 4.69) is 10.3 Å². The molecule has 0 unspecified atom stereocenters. The van der Waals surface area contributed by atoms with Gasteiger partial charge in [0.1, 0.15) is 5.75 Å². The minimum absolute atomic E-state index is 0.0580. The summed E-state index contributed by atoms with van der Waals surface area (Å²) in [6, 6.07) is 14.1. The highest BCUT2D eigenvalue weighted by atomic mass is 32.2. The van der Waals surface area contributed by atoms with Gasteiger partial charge >= 0.3 is 0 Å². The summed E-state index contributed by atoms with van der Waals surface area (Å²) in [6.45, 7) is 2.38. The fourth-order valence-corrected chi connectivity index (χ4v) is 3.11. The van der Waals surface area contributed by atoms with Crippen LogP contribution in [0.3, 0.4) is 0 Å². The summed E-state index contributed by atoms with van der Waals surface area (Å²) < 4.78 is 6.45. The Labute approximate surface area is 154 Å². The Bertz CT molecular complexity index is 1000.